The topological polar surface area (TPSA) is 146 Å². The average Bonchev–Trinajstić information content (AvgIpc) is 3.15. The van der Waals surface area contributed by atoms with Crippen LogP contribution in [0.2, 0.25) is 5.02 Å². The summed E-state index contributed by atoms with van der Waals surface area (Å²) in [5.74, 6) is 2.10. The van der Waals surface area contributed by atoms with Crippen molar-refractivity contribution in [3.8, 4) is 0 Å². The van der Waals surface area contributed by atoms with Gasteiger partial charge in [0.05, 0.1) is 22.8 Å². The summed E-state index contributed by atoms with van der Waals surface area (Å²) in [6, 6.07) is 13.9. The molecule has 7 rings (SSSR count). The van der Waals surface area contributed by atoms with E-state index in [1.54, 1.807) is 6.07 Å². The molecule has 4 saturated heterocycles. The van der Waals surface area contributed by atoms with Crippen LogP contribution in [0, 0.1) is 11.8 Å². The van der Waals surface area contributed by atoms with E-state index in [-0.39, 0.29) is 23.3 Å². The molecular formula is C39H52ClN9O2S. The van der Waals surface area contributed by atoms with Gasteiger partial charge in [-0.1, -0.05) is 41.6 Å². The Kier molecular flexibility index (Phi) is 11.5. The molecular weight excluding hydrogens is 694 g/mol. The van der Waals surface area contributed by atoms with Gasteiger partial charge in [-0.15, -0.1) is 0 Å². The molecule has 2 aromatic carbocycles. The number of nitrogens with one attached hydrogen (secondary N) is 2. The van der Waals surface area contributed by atoms with Gasteiger partial charge in [0.25, 0.3) is 0 Å². The second-order valence-corrected chi connectivity index (χ2v) is 16.8. The number of nitrogens with zero attached hydrogens (tertiary/aromatic N) is 5. The monoisotopic (exact) mass is 745 g/mol. The summed E-state index contributed by atoms with van der Waals surface area (Å²) in [6.07, 6.45) is 9.79. The number of carbonyl (C=O) groups excluding carboxylic acids is 2. The second-order valence-electron chi connectivity index (χ2n) is 15.4. The van der Waals surface area contributed by atoms with Crippen LogP contribution in [0.25, 0.3) is 0 Å². The summed E-state index contributed by atoms with van der Waals surface area (Å²) in [6.45, 7) is 10.9. The van der Waals surface area contributed by atoms with Gasteiger partial charge < -0.3 is 31.5 Å². The highest BCUT2D eigenvalue weighted by molar-refractivity contribution is 7.99. The lowest BCUT2D eigenvalue weighted by Gasteiger charge is -2.42. The van der Waals surface area contributed by atoms with Gasteiger partial charge in [0.1, 0.15) is 10.8 Å². The number of aromatic nitrogens is 2. The fourth-order valence-corrected chi connectivity index (χ4v) is 9.24. The summed E-state index contributed by atoms with van der Waals surface area (Å²) < 4.78 is 0. The Morgan fingerprint density at radius 3 is 2.40 bits per heavy atom. The Balaban J connectivity index is 0.807. The highest BCUT2D eigenvalue weighted by atomic mass is 35.5. The molecule has 2 amide bonds. The van der Waals surface area contributed by atoms with E-state index in [9.17, 15) is 9.59 Å². The first-order valence-corrected chi connectivity index (χ1v) is 20.1. The lowest BCUT2D eigenvalue weighted by atomic mass is 9.87. The van der Waals surface area contributed by atoms with E-state index in [2.05, 4.69) is 55.4 Å². The minimum absolute atomic E-state index is 0.113. The summed E-state index contributed by atoms with van der Waals surface area (Å²) in [5.41, 5.74) is 15.1. The molecule has 278 valence electrons. The van der Waals surface area contributed by atoms with E-state index in [1.807, 2.05) is 24.4 Å². The molecule has 0 radical (unpaired) electrons. The Labute approximate surface area is 316 Å². The predicted octanol–water partition coefficient (Wildman–Crippen LogP) is 5.54. The molecule has 1 unspecified atom stereocenters. The van der Waals surface area contributed by atoms with Crippen LogP contribution in [0.3, 0.4) is 0 Å². The van der Waals surface area contributed by atoms with Crippen molar-refractivity contribution in [1.82, 2.24) is 25.5 Å². The maximum atomic E-state index is 12.4. The van der Waals surface area contributed by atoms with Crippen molar-refractivity contribution < 1.29 is 9.59 Å². The Morgan fingerprint density at radius 1 is 0.942 bits per heavy atom. The van der Waals surface area contributed by atoms with Crippen molar-refractivity contribution in [1.29, 1.82) is 0 Å². The van der Waals surface area contributed by atoms with E-state index < -0.39 is 0 Å². The third kappa shape index (κ3) is 8.78. The van der Waals surface area contributed by atoms with Crippen molar-refractivity contribution in [2.75, 3.05) is 73.6 Å². The van der Waals surface area contributed by atoms with Gasteiger partial charge in [-0.2, -0.15) is 0 Å². The number of anilines is 4. The molecule has 6 N–H and O–H groups in total. The van der Waals surface area contributed by atoms with Crippen LogP contribution in [0.5, 0.6) is 0 Å². The molecule has 3 aromatic rings. The van der Waals surface area contributed by atoms with Gasteiger partial charge in [-0.05, 0) is 113 Å². The summed E-state index contributed by atoms with van der Waals surface area (Å²) in [7, 11) is 0. The van der Waals surface area contributed by atoms with Crippen molar-refractivity contribution in [3.05, 3.63) is 59.2 Å². The van der Waals surface area contributed by atoms with E-state index in [4.69, 9.17) is 28.1 Å². The average molecular weight is 746 g/mol. The van der Waals surface area contributed by atoms with Crippen LogP contribution >= 0.6 is 23.4 Å². The molecule has 13 heteroatoms. The van der Waals surface area contributed by atoms with Gasteiger partial charge >= 0.3 is 0 Å². The van der Waals surface area contributed by atoms with Crippen LogP contribution < -0.4 is 31.9 Å². The summed E-state index contributed by atoms with van der Waals surface area (Å²) in [4.78, 5) is 41.6. The van der Waals surface area contributed by atoms with Gasteiger partial charge in [-0.3, -0.25) is 14.9 Å². The van der Waals surface area contributed by atoms with Crippen LogP contribution in [-0.4, -0.2) is 84.6 Å². The first-order chi connectivity index (χ1) is 25.1. The fraction of sp³-hybridized carbons (Fsp3) is 0.538. The Bertz CT molecular complexity index is 1740. The lowest BCUT2D eigenvalue weighted by molar-refractivity contribution is -0.134. The van der Waals surface area contributed by atoms with E-state index in [1.165, 1.54) is 62.8 Å². The fourth-order valence-electron chi connectivity index (χ4n) is 8.18. The first kappa shape index (κ1) is 36.8. The highest BCUT2D eigenvalue weighted by Gasteiger charge is 2.33. The summed E-state index contributed by atoms with van der Waals surface area (Å²) >= 11 is 7.75. The molecule has 11 nitrogen and oxygen atoms in total. The van der Waals surface area contributed by atoms with E-state index in [0.717, 1.165) is 67.8 Å². The number of piperidine rings is 4. The zero-order chi connectivity index (χ0) is 36.2. The molecule has 52 heavy (non-hydrogen) atoms. The third-order valence-electron chi connectivity index (χ3n) is 11.7. The quantitative estimate of drug-likeness (QED) is 0.153. The predicted molar refractivity (Wildman–Crippen MR) is 210 cm³/mol. The molecule has 0 aliphatic carbocycles. The van der Waals surface area contributed by atoms with Crippen molar-refractivity contribution in [3.63, 3.8) is 0 Å². The number of benzene rings is 2. The van der Waals surface area contributed by atoms with E-state index >= 15 is 0 Å². The van der Waals surface area contributed by atoms with Crippen LogP contribution in [0.1, 0.15) is 69.8 Å². The minimum atomic E-state index is -0.234. The minimum Gasteiger partial charge on any atom is -0.397 e. The number of hydrogen-bond donors (Lipinski definition) is 4. The Morgan fingerprint density at radius 2 is 1.67 bits per heavy atom. The number of imide groups is 1. The number of likely N-dealkylation sites (tertiary alicyclic amines) is 1. The second kappa shape index (κ2) is 16.2. The number of hydrogen-bond acceptors (Lipinski definition) is 11. The number of nitrogen functional groups attached to an aromatic ring is 2. The highest BCUT2D eigenvalue weighted by Crippen LogP contribution is 2.38. The van der Waals surface area contributed by atoms with Crippen LogP contribution in [0.15, 0.2) is 58.6 Å². The normalized spacial score (nSPS) is 22.1. The molecule has 0 bridgehead atoms. The smallest absolute Gasteiger partial charge is 0.234 e. The lowest BCUT2D eigenvalue weighted by Crippen LogP contribution is -2.53. The number of rotatable bonds is 10. The van der Waals surface area contributed by atoms with E-state index in [0.29, 0.717) is 40.3 Å². The summed E-state index contributed by atoms with van der Waals surface area (Å²) in [5, 5.41) is 7.60. The molecule has 4 aliphatic rings. The van der Waals surface area contributed by atoms with Crippen LogP contribution in [-0.2, 0) is 9.59 Å². The van der Waals surface area contributed by atoms with Gasteiger partial charge in [0.15, 0.2) is 5.82 Å². The molecule has 5 heterocycles. The largest absolute Gasteiger partial charge is 0.397 e. The molecule has 4 aliphatic heterocycles. The molecule has 1 aromatic heterocycles. The number of carbonyl (C=O) groups is 2. The van der Waals surface area contributed by atoms with Gasteiger partial charge in [0, 0.05) is 55.3 Å². The number of halogens is 1. The zero-order valence-corrected chi connectivity index (χ0v) is 31.7. The molecule has 4 fully saturated rings. The maximum absolute atomic E-state index is 12.4. The van der Waals surface area contributed by atoms with Crippen molar-refractivity contribution in [2.45, 2.75) is 79.7 Å². The van der Waals surface area contributed by atoms with Gasteiger partial charge in [-0.25, -0.2) is 9.97 Å². The Hall–Kier alpha value is -3.58. The number of amides is 2. The van der Waals surface area contributed by atoms with Crippen molar-refractivity contribution >= 4 is 58.2 Å². The molecule has 0 spiro atoms. The standard InChI is InChI=1S/C39H52ClN9O2S/c1-39(14-20-49(21-15-39)33-24-43-38(36(42)45-33)52-32-7-3-6-31(41)35(32)40)44-23-26-10-16-47(17-11-26)25-27-12-18-48(19-13-27)29-5-2-4-28(22-29)30-8-9-34(50)46-37(30)51/h2-7,22,24,26-27,30,44H,8-21,23,25,41H2,1H3,(H2,42,45)(H,46,50,51). The SMILES string of the molecule is CC1(NCC2CCN(CC3CCN(c4cccc(C5CCC(=O)NC5=O)c4)CC3)CC2)CCN(c2cnc(Sc3cccc(N)c3Cl)c(N)n2)CC1. The molecule has 0 saturated carbocycles. The van der Waals surface area contributed by atoms with Crippen LogP contribution in [0.4, 0.5) is 23.0 Å². The maximum Gasteiger partial charge on any atom is 0.234 e. The van der Waals surface area contributed by atoms with Crippen molar-refractivity contribution in [2.24, 2.45) is 11.8 Å². The van der Waals surface area contributed by atoms with Gasteiger partial charge in [0.2, 0.25) is 11.8 Å². The first-order valence-electron chi connectivity index (χ1n) is 18.9. The molecule has 1 atom stereocenters. The zero-order valence-electron chi connectivity index (χ0n) is 30.2. The number of nitrogens with two attached hydrogens (primary N) is 2. The third-order valence-corrected chi connectivity index (χ3v) is 13.3.